The third kappa shape index (κ3) is 4.53. The minimum atomic E-state index is -2.98. The third-order valence-electron chi connectivity index (χ3n) is 2.10. The van der Waals surface area contributed by atoms with E-state index in [2.05, 4.69) is 10.3 Å². The highest BCUT2D eigenvalue weighted by Crippen LogP contribution is 2.20. The Morgan fingerprint density at radius 3 is 2.67 bits per heavy atom. The predicted octanol–water partition coefficient (Wildman–Crippen LogP) is 0.419. The SMILES string of the molecule is CS(=O)(=O)CCCNc1ccc([N+](=O)[O-])c(N)n1. The van der Waals surface area contributed by atoms with Gasteiger partial charge in [-0.2, -0.15) is 0 Å². The molecule has 0 fully saturated rings. The fraction of sp³-hybridized carbons (Fsp3) is 0.444. The number of nitrogens with one attached hydrogen (secondary N) is 1. The standard InChI is InChI=1S/C9H14N4O4S/c1-18(16,17)6-2-5-11-8-4-3-7(13(14)15)9(10)12-8/h3-4H,2,5-6H2,1H3,(H3,10,11,12). The molecule has 1 heterocycles. The number of nitro groups is 1. The van der Waals surface area contributed by atoms with E-state index in [1.807, 2.05) is 0 Å². The monoisotopic (exact) mass is 274 g/mol. The lowest BCUT2D eigenvalue weighted by atomic mass is 10.3. The van der Waals surface area contributed by atoms with Crippen LogP contribution in [0.25, 0.3) is 0 Å². The van der Waals surface area contributed by atoms with Gasteiger partial charge in [-0.1, -0.05) is 0 Å². The van der Waals surface area contributed by atoms with E-state index in [-0.39, 0.29) is 17.3 Å². The van der Waals surface area contributed by atoms with E-state index in [9.17, 15) is 18.5 Å². The van der Waals surface area contributed by atoms with Gasteiger partial charge in [0.15, 0.2) is 0 Å². The zero-order valence-corrected chi connectivity index (χ0v) is 10.6. The summed E-state index contributed by atoms with van der Waals surface area (Å²) in [5, 5.41) is 13.3. The van der Waals surface area contributed by atoms with E-state index in [0.29, 0.717) is 18.8 Å². The van der Waals surface area contributed by atoms with Crippen molar-refractivity contribution >= 4 is 27.2 Å². The van der Waals surface area contributed by atoms with Gasteiger partial charge in [0.25, 0.3) is 0 Å². The van der Waals surface area contributed by atoms with Crippen LogP contribution in [0.1, 0.15) is 6.42 Å². The zero-order valence-electron chi connectivity index (χ0n) is 9.79. The molecule has 8 nitrogen and oxygen atoms in total. The highest BCUT2D eigenvalue weighted by atomic mass is 32.2. The van der Waals surface area contributed by atoms with Crippen molar-refractivity contribution in [1.82, 2.24) is 4.98 Å². The molecule has 9 heteroatoms. The van der Waals surface area contributed by atoms with Crippen molar-refractivity contribution in [3.05, 3.63) is 22.2 Å². The van der Waals surface area contributed by atoms with Gasteiger partial charge < -0.3 is 11.1 Å². The van der Waals surface area contributed by atoms with Gasteiger partial charge in [0.1, 0.15) is 15.7 Å². The number of sulfone groups is 1. The molecule has 3 N–H and O–H groups in total. The normalized spacial score (nSPS) is 11.2. The molecule has 0 saturated carbocycles. The van der Waals surface area contributed by atoms with E-state index >= 15 is 0 Å². The first-order chi connectivity index (χ1) is 8.29. The summed E-state index contributed by atoms with van der Waals surface area (Å²) in [7, 11) is -2.98. The van der Waals surface area contributed by atoms with Crippen LogP contribution >= 0.6 is 0 Å². The van der Waals surface area contributed by atoms with Crippen LogP contribution in [-0.2, 0) is 9.84 Å². The van der Waals surface area contributed by atoms with Crippen LogP contribution in [0, 0.1) is 10.1 Å². The Morgan fingerprint density at radius 2 is 2.17 bits per heavy atom. The third-order valence-corrected chi connectivity index (χ3v) is 3.13. The number of hydrogen-bond acceptors (Lipinski definition) is 7. The molecule has 1 aromatic rings. The van der Waals surface area contributed by atoms with Gasteiger partial charge in [0, 0.05) is 18.9 Å². The number of pyridine rings is 1. The van der Waals surface area contributed by atoms with Crippen molar-refractivity contribution in [2.45, 2.75) is 6.42 Å². The molecule has 0 aliphatic heterocycles. The molecule has 0 aromatic carbocycles. The topological polar surface area (TPSA) is 128 Å². The number of nitrogens with two attached hydrogens (primary N) is 1. The number of hydrogen-bond donors (Lipinski definition) is 2. The maximum atomic E-state index is 10.9. The summed E-state index contributed by atoms with van der Waals surface area (Å²) < 4.78 is 21.8. The van der Waals surface area contributed by atoms with Crippen LogP contribution in [0.3, 0.4) is 0 Å². The molecule has 0 bridgehead atoms. The Balaban J connectivity index is 2.54. The van der Waals surface area contributed by atoms with Gasteiger partial charge in [0.05, 0.1) is 10.7 Å². The van der Waals surface area contributed by atoms with Crippen LogP contribution in [0.4, 0.5) is 17.3 Å². The molecule has 0 spiro atoms. The number of anilines is 2. The number of nitrogens with zero attached hydrogens (tertiary/aromatic N) is 2. The Morgan fingerprint density at radius 1 is 1.50 bits per heavy atom. The smallest absolute Gasteiger partial charge is 0.311 e. The number of rotatable bonds is 6. The van der Waals surface area contributed by atoms with Crippen LogP contribution in [-0.4, -0.2) is 36.9 Å². The summed E-state index contributed by atoms with van der Waals surface area (Å²) in [6.07, 6.45) is 1.59. The molecule has 0 aliphatic rings. The van der Waals surface area contributed by atoms with E-state index in [0.717, 1.165) is 6.26 Å². The van der Waals surface area contributed by atoms with Crippen LogP contribution in [0.15, 0.2) is 12.1 Å². The summed E-state index contributed by atoms with van der Waals surface area (Å²) in [4.78, 5) is 13.7. The summed E-state index contributed by atoms with van der Waals surface area (Å²) >= 11 is 0. The first-order valence-electron chi connectivity index (χ1n) is 5.12. The maximum absolute atomic E-state index is 10.9. The molecule has 0 radical (unpaired) electrons. The second kappa shape index (κ2) is 5.63. The second-order valence-corrected chi connectivity index (χ2v) is 6.03. The van der Waals surface area contributed by atoms with E-state index in [1.165, 1.54) is 12.1 Å². The number of nitrogen functional groups attached to an aromatic ring is 1. The molecule has 0 unspecified atom stereocenters. The van der Waals surface area contributed by atoms with E-state index < -0.39 is 14.8 Å². The Bertz CT molecular complexity index is 543. The first-order valence-corrected chi connectivity index (χ1v) is 7.18. The minimum Gasteiger partial charge on any atom is -0.378 e. The molecule has 0 aliphatic carbocycles. The summed E-state index contributed by atoms with van der Waals surface area (Å²) in [5.74, 6) is 0.280. The van der Waals surface area contributed by atoms with Crippen molar-refractivity contribution in [1.29, 1.82) is 0 Å². The average molecular weight is 274 g/mol. The summed E-state index contributed by atoms with van der Waals surface area (Å²) in [6, 6.07) is 2.68. The molecule has 0 atom stereocenters. The lowest BCUT2D eigenvalue weighted by Crippen LogP contribution is -2.11. The summed E-state index contributed by atoms with van der Waals surface area (Å²) in [6.45, 7) is 0.400. The second-order valence-electron chi connectivity index (χ2n) is 3.77. The Kier molecular flexibility index (Phi) is 4.43. The first kappa shape index (κ1) is 14.2. The van der Waals surface area contributed by atoms with Gasteiger partial charge in [-0.05, 0) is 12.5 Å². The Labute approximate surface area is 104 Å². The molecular formula is C9H14N4O4S. The zero-order chi connectivity index (χ0) is 13.8. The van der Waals surface area contributed by atoms with Crippen LogP contribution < -0.4 is 11.1 Å². The van der Waals surface area contributed by atoms with Crippen LogP contribution in [0.5, 0.6) is 0 Å². The Hall–Kier alpha value is -1.90. The van der Waals surface area contributed by atoms with E-state index in [1.54, 1.807) is 0 Å². The highest BCUT2D eigenvalue weighted by Gasteiger charge is 2.12. The van der Waals surface area contributed by atoms with Crippen molar-refractivity contribution < 1.29 is 13.3 Å². The molecule has 1 aromatic heterocycles. The molecule has 0 saturated heterocycles. The van der Waals surface area contributed by atoms with Gasteiger partial charge in [-0.3, -0.25) is 10.1 Å². The predicted molar refractivity (Wildman–Crippen MR) is 68.1 cm³/mol. The van der Waals surface area contributed by atoms with Gasteiger partial charge in [0.2, 0.25) is 5.82 Å². The van der Waals surface area contributed by atoms with Crippen molar-refractivity contribution in [2.75, 3.05) is 29.6 Å². The van der Waals surface area contributed by atoms with Crippen molar-refractivity contribution in [2.24, 2.45) is 0 Å². The van der Waals surface area contributed by atoms with Crippen molar-refractivity contribution in [3.8, 4) is 0 Å². The lowest BCUT2D eigenvalue weighted by molar-refractivity contribution is -0.384. The largest absolute Gasteiger partial charge is 0.378 e. The fourth-order valence-electron chi connectivity index (χ4n) is 1.27. The summed E-state index contributed by atoms with van der Waals surface area (Å²) in [5.41, 5.74) is 5.15. The quantitative estimate of drug-likeness (QED) is 0.437. The van der Waals surface area contributed by atoms with Crippen LogP contribution in [0.2, 0.25) is 0 Å². The highest BCUT2D eigenvalue weighted by molar-refractivity contribution is 7.90. The van der Waals surface area contributed by atoms with Gasteiger partial charge >= 0.3 is 5.69 Å². The molecule has 0 amide bonds. The maximum Gasteiger partial charge on any atom is 0.311 e. The van der Waals surface area contributed by atoms with Gasteiger partial charge in [-0.15, -0.1) is 0 Å². The fourth-order valence-corrected chi connectivity index (χ4v) is 1.94. The minimum absolute atomic E-state index is 0.0719. The molecule has 100 valence electrons. The molecule has 18 heavy (non-hydrogen) atoms. The van der Waals surface area contributed by atoms with E-state index in [4.69, 9.17) is 5.73 Å². The average Bonchev–Trinajstić information content (AvgIpc) is 2.22. The molecular weight excluding hydrogens is 260 g/mol. The molecule has 1 rings (SSSR count). The van der Waals surface area contributed by atoms with Gasteiger partial charge in [-0.25, -0.2) is 13.4 Å². The number of aromatic nitrogens is 1. The van der Waals surface area contributed by atoms with Crippen molar-refractivity contribution in [3.63, 3.8) is 0 Å². The lowest BCUT2D eigenvalue weighted by Gasteiger charge is -2.05.